The van der Waals surface area contributed by atoms with Crippen LogP contribution < -0.4 is 11.6 Å². The Morgan fingerprint density at radius 2 is 1.93 bits per heavy atom. The third kappa shape index (κ3) is 3.30. The standard InChI is InChI=1S/C8H14N3O4/c1-5(9)6(13)11(10)7(14)8(2,3)15-4-12/h5H,9-10H2,1-3H3/t5-/m0/s1. The highest BCUT2D eigenvalue weighted by Gasteiger charge is 2.36. The molecule has 0 heterocycles. The van der Waals surface area contributed by atoms with E-state index in [2.05, 4.69) is 4.74 Å². The molecule has 0 aromatic heterocycles. The van der Waals surface area contributed by atoms with E-state index in [1.54, 1.807) is 0 Å². The van der Waals surface area contributed by atoms with Crippen LogP contribution in [0.25, 0.3) is 0 Å². The van der Waals surface area contributed by atoms with Crippen molar-refractivity contribution in [2.45, 2.75) is 32.4 Å². The third-order valence-electron chi connectivity index (χ3n) is 1.66. The van der Waals surface area contributed by atoms with Gasteiger partial charge in [0.25, 0.3) is 11.8 Å². The minimum Gasteiger partial charge on any atom is -0.441 e. The van der Waals surface area contributed by atoms with Gasteiger partial charge < -0.3 is 10.5 Å². The molecule has 0 aliphatic heterocycles. The molecule has 7 heteroatoms. The number of carbonyl (C=O) groups is 2. The number of carbonyl (C=O) groups excluding carboxylic acids is 3. The summed E-state index contributed by atoms with van der Waals surface area (Å²) in [6.07, 6.45) is 0. The molecule has 7 nitrogen and oxygen atoms in total. The molecule has 15 heavy (non-hydrogen) atoms. The number of nitrogens with zero attached hydrogens (tertiary/aromatic N) is 1. The van der Waals surface area contributed by atoms with Gasteiger partial charge in [0.1, 0.15) is 0 Å². The number of amides is 2. The third-order valence-corrected chi connectivity index (χ3v) is 1.66. The Hall–Kier alpha value is -1.47. The molecule has 0 aliphatic carbocycles. The van der Waals surface area contributed by atoms with Crippen molar-refractivity contribution < 1.29 is 19.1 Å². The lowest BCUT2D eigenvalue weighted by molar-refractivity contribution is -0.156. The van der Waals surface area contributed by atoms with Crippen molar-refractivity contribution in [1.82, 2.24) is 5.01 Å². The van der Waals surface area contributed by atoms with Crippen molar-refractivity contribution in [1.29, 1.82) is 0 Å². The number of hydrogen-bond donors (Lipinski definition) is 2. The molecule has 0 unspecified atom stereocenters. The summed E-state index contributed by atoms with van der Waals surface area (Å²) in [4.78, 5) is 32.7. The lowest BCUT2D eigenvalue weighted by Gasteiger charge is -2.26. The van der Waals surface area contributed by atoms with E-state index in [-0.39, 0.29) is 0 Å². The first-order valence-electron chi connectivity index (χ1n) is 4.18. The van der Waals surface area contributed by atoms with E-state index in [4.69, 9.17) is 11.6 Å². The fourth-order valence-corrected chi connectivity index (χ4v) is 0.757. The summed E-state index contributed by atoms with van der Waals surface area (Å²) in [5.41, 5.74) is 3.71. The molecular weight excluding hydrogens is 202 g/mol. The Labute approximate surface area is 87.3 Å². The minimum absolute atomic E-state index is 0.335. The molecule has 0 saturated carbocycles. The molecule has 0 spiro atoms. The van der Waals surface area contributed by atoms with Gasteiger partial charge in [0.15, 0.2) is 5.60 Å². The monoisotopic (exact) mass is 216 g/mol. The van der Waals surface area contributed by atoms with Crippen LogP contribution in [0.15, 0.2) is 0 Å². The summed E-state index contributed by atoms with van der Waals surface area (Å²) in [6.45, 7) is 5.07. The Bertz CT molecular complexity index is 275. The van der Waals surface area contributed by atoms with Crippen LogP contribution in [0.5, 0.6) is 0 Å². The van der Waals surface area contributed by atoms with Gasteiger partial charge in [0.2, 0.25) is 0 Å². The minimum atomic E-state index is -1.54. The number of hydrogen-bond acceptors (Lipinski definition) is 6. The molecule has 0 aliphatic rings. The second kappa shape index (κ2) is 4.85. The maximum absolute atomic E-state index is 11.5. The van der Waals surface area contributed by atoms with Crippen LogP contribution in [0.1, 0.15) is 20.8 Å². The first-order valence-corrected chi connectivity index (χ1v) is 4.18. The maximum atomic E-state index is 11.5. The van der Waals surface area contributed by atoms with Gasteiger partial charge in [-0.1, -0.05) is 0 Å². The predicted octanol–water partition coefficient (Wildman–Crippen LogP) is -1.58. The lowest BCUT2D eigenvalue weighted by Crippen LogP contribution is -2.56. The van der Waals surface area contributed by atoms with Crippen molar-refractivity contribution in [2.24, 2.45) is 11.6 Å². The van der Waals surface area contributed by atoms with E-state index < -0.39 is 23.5 Å². The normalized spacial score (nSPS) is 12.9. The van der Waals surface area contributed by atoms with Crippen molar-refractivity contribution in [3.8, 4) is 0 Å². The first-order chi connectivity index (χ1) is 6.74. The smallest absolute Gasteiger partial charge is 0.418 e. The quantitative estimate of drug-likeness (QED) is 0.333. The summed E-state index contributed by atoms with van der Waals surface area (Å²) in [5.74, 6) is 3.59. The van der Waals surface area contributed by atoms with Crippen LogP contribution in [-0.2, 0) is 19.1 Å². The maximum Gasteiger partial charge on any atom is 0.418 e. The van der Waals surface area contributed by atoms with E-state index in [1.807, 2.05) is 0 Å². The van der Waals surface area contributed by atoms with Gasteiger partial charge in [0, 0.05) is 0 Å². The number of ether oxygens (including phenoxy) is 1. The van der Waals surface area contributed by atoms with Crippen LogP contribution >= 0.6 is 0 Å². The van der Waals surface area contributed by atoms with Crippen molar-refractivity contribution >= 4 is 18.3 Å². The van der Waals surface area contributed by atoms with E-state index in [0.717, 1.165) is 6.47 Å². The van der Waals surface area contributed by atoms with Crippen molar-refractivity contribution in [3.63, 3.8) is 0 Å². The fraction of sp³-hybridized carbons (Fsp3) is 0.625. The van der Waals surface area contributed by atoms with E-state index >= 15 is 0 Å². The van der Waals surface area contributed by atoms with Crippen LogP contribution in [0, 0.1) is 0 Å². The van der Waals surface area contributed by atoms with E-state index in [0.29, 0.717) is 5.01 Å². The molecule has 0 fully saturated rings. The van der Waals surface area contributed by atoms with Crippen molar-refractivity contribution in [2.75, 3.05) is 0 Å². The molecule has 1 atom stereocenters. The number of rotatable bonds is 4. The van der Waals surface area contributed by atoms with Crippen LogP contribution in [0.2, 0.25) is 0 Å². The summed E-state index contributed by atoms with van der Waals surface area (Å²) < 4.78 is 4.37. The molecule has 0 aromatic carbocycles. The van der Waals surface area contributed by atoms with Crippen LogP contribution in [-0.4, -0.2) is 34.9 Å². The first kappa shape index (κ1) is 13.5. The molecule has 0 aromatic rings. The largest absolute Gasteiger partial charge is 0.441 e. The zero-order chi connectivity index (χ0) is 12.2. The highest BCUT2D eigenvalue weighted by molar-refractivity contribution is 6.00. The van der Waals surface area contributed by atoms with Crippen LogP contribution in [0.4, 0.5) is 0 Å². The SMILES string of the molecule is C[C@H](N)C(=O)N(N)C(=O)C(C)(C)O[C]=O. The second-order valence-corrected chi connectivity index (χ2v) is 3.50. The number of nitrogens with two attached hydrogens (primary N) is 2. The molecular formula is C8H14N3O4. The number of imide groups is 1. The predicted molar refractivity (Wildman–Crippen MR) is 50.5 cm³/mol. The summed E-state index contributed by atoms with van der Waals surface area (Å²) in [7, 11) is 0. The molecule has 0 rings (SSSR count). The Morgan fingerprint density at radius 3 is 2.27 bits per heavy atom. The molecule has 0 bridgehead atoms. The lowest BCUT2D eigenvalue weighted by atomic mass is 10.1. The van der Waals surface area contributed by atoms with Crippen molar-refractivity contribution in [3.05, 3.63) is 0 Å². The molecule has 4 N–H and O–H groups in total. The summed E-state index contributed by atoms with van der Waals surface area (Å²) >= 11 is 0. The van der Waals surface area contributed by atoms with Gasteiger partial charge in [0.05, 0.1) is 6.04 Å². The zero-order valence-electron chi connectivity index (χ0n) is 8.81. The molecule has 1 radical (unpaired) electrons. The van der Waals surface area contributed by atoms with Gasteiger partial charge in [-0.3, -0.25) is 9.59 Å². The topological polar surface area (TPSA) is 116 Å². The van der Waals surface area contributed by atoms with E-state index in [9.17, 15) is 14.4 Å². The molecule has 0 saturated heterocycles. The van der Waals surface area contributed by atoms with Gasteiger partial charge in [-0.15, -0.1) is 0 Å². The Balaban J connectivity index is 4.71. The Kier molecular flexibility index (Phi) is 4.38. The number of hydrazine groups is 1. The fourth-order valence-electron chi connectivity index (χ4n) is 0.757. The van der Waals surface area contributed by atoms with Gasteiger partial charge in [-0.25, -0.2) is 15.6 Å². The van der Waals surface area contributed by atoms with Gasteiger partial charge in [-0.2, -0.15) is 0 Å². The average molecular weight is 216 g/mol. The van der Waals surface area contributed by atoms with Crippen LogP contribution in [0.3, 0.4) is 0 Å². The summed E-state index contributed by atoms with van der Waals surface area (Å²) in [5, 5.41) is 0.335. The second-order valence-electron chi connectivity index (χ2n) is 3.50. The molecule has 2 amide bonds. The van der Waals surface area contributed by atoms with Gasteiger partial charge in [-0.05, 0) is 20.8 Å². The highest BCUT2D eigenvalue weighted by Crippen LogP contribution is 2.10. The van der Waals surface area contributed by atoms with Gasteiger partial charge >= 0.3 is 6.47 Å². The average Bonchev–Trinajstić information content (AvgIpc) is 2.14. The summed E-state index contributed by atoms with van der Waals surface area (Å²) in [6, 6.07) is -0.907. The molecule has 85 valence electrons. The van der Waals surface area contributed by atoms with E-state index in [1.165, 1.54) is 20.8 Å². The zero-order valence-corrected chi connectivity index (χ0v) is 8.81. The Morgan fingerprint density at radius 1 is 1.47 bits per heavy atom. The highest BCUT2D eigenvalue weighted by atomic mass is 16.5.